The fourth-order valence-electron chi connectivity index (χ4n) is 2.67. The van der Waals surface area contributed by atoms with Gasteiger partial charge in [-0.3, -0.25) is 0 Å². The summed E-state index contributed by atoms with van der Waals surface area (Å²) in [5.41, 5.74) is 1.10. The fourth-order valence-corrected chi connectivity index (χ4v) is 3.27. The largest absolute Gasteiger partial charge is 0.370 e. The molecular formula is C14H20BrFN2. The van der Waals surface area contributed by atoms with Crippen LogP contribution in [0.4, 0.5) is 10.1 Å². The van der Waals surface area contributed by atoms with Crippen molar-refractivity contribution in [2.24, 2.45) is 5.92 Å². The number of halogens is 2. The second kappa shape index (κ2) is 6.02. The van der Waals surface area contributed by atoms with Gasteiger partial charge in [0.1, 0.15) is 5.82 Å². The van der Waals surface area contributed by atoms with Crippen LogP contribution in [0.25, 0.3) is 0 Å². The molecule has 0 spiro atoms. The van der Waals surface area contributed by atoms with Crippen LogP contribution in [0.5, 0.6) is 0 Å². The molecule has 0 saturated carbocycles. The summed E-state index contributed by atoms with van der Waals surface area (Å²) in [7, 11) is 0. The number of piperidine rings is 1. The molecule has 1 saturated heterocycles. The molecule has 1 aliphatic heterocycles. The Labute approximate surface area is 117 Å². The minimum absolute atomic E-state index is 0.193. The SMILES string of the molecule is CCNC1CCN(c2ccc(F)cc2Br)CC1C. The lowest BCUT2D eigenvalue weighted by Gasteiger charge is -2.39. The van der Waals surface area contributed by atoms with Gasteiger partial charge >= 0.3 is 0 Å². The molecule has 18 heavy (non-hydrogen) atoms. The maximum Gasteiger partial charge on any atom is 0.124 e. The third-order valence-corrected chi connectivity index (χ3v) is 4.26. The molecule has 2 atom stereocenters. The van der Waals surface area contributed by atoms with Gasteiger partial charge in [0.15, 0.2) is 0 Å². The molecule has 0 bridgehead atoms. The minimum Gasteiger partial charge on any atom is -0.370 e. The number of hydrogen-bond acceptors (Lipinski definition) is 2. The standard InChI is InChI=1S/C14H20BrFN2/c1-3-17-13-6-7-18(9-10(13)2)14-5-4-11(16)8-12(14)15/h4-5,8,10,13,17H,3,6-7,9H2,1-2H3. The summed E-state index contributed by atoms with van der Waals surface area (Å²) in [5, 5.41) is 3.53. The molecule has 0 amide bonds. The molecule has 1 heterocycles. The highest BCUT2D eigenvalue weighted by Crippen LogP contribution is 2.30. The van der Waals surface area contributed by atoms with Gasteiger partial charge < -0.3 is 10.2 Å². The summed E-state index contributed by atoms with van der Waals surface area (Å²) in [5.74, 6) is 0.414. The van der Waals surface area contributed by atoms with Crippen molar-refractivity contribution in [2.75, 3.05) is 24.5 Å². The lowest BCUT2D eigenvalue weighted by molar-refractivity contribution is 0.326. The van der Waals surface area contributed by atoms with E-state index in [9.17, 15) is 4.39 Å². The highest BCUT2D eigenvalue weighted by molar-refractivity contribution is 9.10. The molecule has 2 nitrogen and oxygen atoms in total. The van der Waals surface area contributed by atoms with Crippen LogP contribution in [-0.2, 0) is 0 Å². The molecule has 1 N–H and O–H groups in total. The van der Waals surface area contributed by atoms with Gasteiger partial charge in [-0.1, -0.05) is 13.8 Å². The lowest BCUT2D eigenvalue weighted by atomic mass is 9.93. The fraction of sp³-hybridized carbons (Fsp3) is 0.571. The van der Waals surface area contributed by atoms with Gasteiger partial charge in [0.25, 0.3) is 0 Å². The zero-order valence-electron chi connectivity index (χ0n) is 10.9. The van der Waals surface area contributed by atoms with Gasteiger partial charge in [-0.25, -0.2) is 4.39 Å². The number of anilines is 1. The first-order valence-electron chi connectivity index (χ1n) is 6.55. The Morgan fingerprint density at radius 2 is 2.28 bits per heavy atom. The van der Waals surface area contributed by atoms with Gasteiger partial charge in [-0.05, 0) is 53.0 Å². The number of nitrogens with one attached hydrogen (secondary N) is 1. The summed E-state index contributed by atoms with van der Waals surface area (Å²) >= 11 is 3.45. The van der Waals surface area contributed by atoms with Crippen LogP contribution in [0.1, 0.15) is 20.3 Å². The number of rotatable bonds is 3. The maximum absolute atomic E-state index is 13.1. The van der Waals surface area contributed by atoms with E-state index in [0.717, 1.165) is 36.2 Å². The number of benzene rings is 1. The quantitative estimate of drug-likeness (QED) is 0.919. The van der Waals surface area contributed by atoms with Crippen molar-refractivity contribution < 1.29 is 4.39 Å². The molecule has 1 aromatic rings. The molecule has 1 aromatic carbocycles. The smallest absolute Gasteiger partial charge is 0.124 e. The Kier molecular flexibility index (Phi) is 4.62. The third-order valence-electron chi connectivity index (χ3n) is 3.62. The van der Waals surface area contributed by atoms with E-state index in [4.69, 9.17) is 0 Å². The molecule has 0 aliphatic carbocycles. The number of nitrogens with zero attached hydrogens (tertiary/aromatic N) is 1. The van der Waals surface area contributed by atoms with E-state index in [1.807, 2.05) is 6.07 Å². The molecule has 4 heteroatoms. The second-order valence-electron chi connectivity index (χ2n) is 4.97. The molecule has 100 valence electrons. The first kappa shape index (κ1) is 13.8. The van der Waals surface area contributed by atoms with Crippen LogP contribution >= 0.6 is 15.9 Å². The summed E-state index contributed by atoms with van der Waals surface area (Å²) in [6.07, 6.45) is 1.14. The third kappa shape index (κ3) is 3.04. The van der Waals surface area contributed by atoms with E-state index < -0.39 is 0 Å². The van der Waals surface area contributed by atoms with Crippen molar-refractivity contribution in [3.05, 3.63) is 28.5 Å². The van der Waals surface area contributed by atoms with Crippen molar-refractivity contribution >= 4 is 21.6 Å². The summed E-state index contributed by atoms with van der Waals surface area (Å²) in [6.45, 7) is 7.48. The predicted molar refractivity (Wildman–Crippen MR) is 77.6 cm³/mol. The first-order chi connectivity index (χ1) is 8.61. The monoisotopic (exact) mass is 314 g/mol. The van der Waals surface area contributed by atoms with Gasteiger partial charge in [0.2, 0.25) is 0 Å². The topological polar surface area (TPSA) is 15.3 Å². The van der Waals surface area contributed by atoms with Crippen LogP contribution in [0, 0.1) is 11.7 Å². The summed E-state index contributed by atoms with van der Waals surface area (Å²) in [6, 6.07) is 5.53. The van der Waals surface area contributed by atoms with Crippen molar-refractivity contribution in [1.29, 1.82) is 0 Å². The van der Waals surface area contributed by atoms with Crippen LogP contribution in [0.15, 0.2) is 22.7 Å². The normalized spacial score (nSPS) is 24.3. The zero-order chi connectivity index (χ0) is 13.1. The maximum atomic E-state index is 13.1. The molecule has 0 aromatic heterocycles. The molecule has 0 radical (unpaired) electrons. The van der Waals surface area contributed by atoms with Crippen molar-refractivity contribution in [3.63, 3.8) is 0 Å². The van der Waals surface area contributed by atoms with E-state index in [1.54, 1.807) is 0 Å². The summed E-state index contributed by atoms with van der Waals surface area (Å²) in [4.78, 5) is 2.34. The molecule has 2 unspecified atom stereocenters. The predicted octanol–water partition coefficient (Wildman–Crippen LogP) is 3.41. The molecular weight excluding hydrogens is 295 g/mol. The van der Waals surface area contributed by atoms with E-state index in [0.29, 0.717) is 12.0 Å². The van der Waals surface area contributed by atoms with Gasteiger partial charge in [-0.15, -0.1) is 0 Å². The molecule has 2 rings (SSSR count). The van der Waals surface area contributed by atoms with E-state index in [2.05, 4.69) is 40.0 Å². The second-order valence-corrected chi connectivity index (χ2v) is 5.83. The van der Waals surface area contributed by atoms with E-state index in [1.165, 1.54) is 12.1 Å². The first-order valence-corrected chi connectivity index (χ1v) is 7.34. The Balaban J connectivity index is 2.07. The molecule has 1 fully saturated rings. The van der Waals surface area contributed by atoms with E-state index in [-0.39, 0.29) is 5.82 Å². The Hall–Kier alpha value is -0.610. The average Bonchev–Trinajstić information content (AvgIpc) is 2.32. The van der Waals surface area contributed by atoms with E-state index >= 15 is 0 Å². The Morgan fingerprint density at radius 3 is 2.89 bits per heavy atom. The minimum atomic E-state index is -0.193. The van der Waals surface area contributed by atoms with Crippen LogP contribution in [-0.4, -0.2) is 25.7 Å². The summed E-state index contributed by atoms with van der Waals surface area (Å²) < 4.78 is 13.9. The zero-order valence-corrected chi connectivity index (χ0v) is 12.5. The van der Waals surface area contributed by atoms with Gasteiger partial charge in [0, 0.05) is 23.6 Å². The van der Waals surface area contributed by atoms with Gasteiger partial charge in [-0.2, -0.15) is 0 Å². The van der Waals surface area contributed by atoms with Crippen molar-refractivity contribution in [2.45, 2.75) is 26.3 Å². The molecule has 1 aliphatic rings. The number of hydrogen-bond donors (Lipinski definition) is 1. The Morgan fingerprint density at radius 1 is 1.50 bits per heavy atom. The van der Waals surface area contributed by atoms with Crippen LogP contribution < -0.4 is 10.2 Å². The van der Waals surface area contributed by atoms with Crippen LogP contribution in [0.2, 0.25) is 0 Å². The van der Waals surface area contributed by atoms with Gasteiger partial charge in [0.05, 0.1) is 5.69 Å². The Bertz CT molecular complexity index is 411. The average molecular weight is 315 g/mol. The highest BCUT2D eigenvalue weighted by atomic mass is 79.9. The van der Waals surface area contributed by atoms with Crippen molar-refractivity contribution in [1.82, 2.24) is 5.32 Å². The van der Waals surface area contributed by atoms with Crippen LogP contribution in [0.3, 0.4) is 0 Å². The lowest BCUT2D eigenvalue weighted by Crippen LogP contribution is -2.48. The highest BCUT2D eigenvalue weighted by Gasteiger charge is 2.26. The van der Waals surface area contributed by atoms with Crippen molar-refractivity contribution in [3.8, 4) is 0 Å².